The molecule has 4 rings (SSSR count). The molecule has 0 aliphatic carbocycles. The van der Waals surface area contributed by atoms with Gasteiger partial charge in [-0.2, -0.15) is 0 Å². The fraction of sp³-hybridized carbons (Fsp3) is 0.385. The molecule has 0 bridgehead atoms. The molecule has 1 aromatic heterocycles. The standard InChI is InChI=1S/C26H31N3O3/c1-20(22-11-5-3-6-12-22)29(17-21-10-9-13-23(16-21)31-2)18-25-27-24(19-32-25)26(30)28-14-7-4-8-15-28/h3,5-6,9-13,16,19-20H,4,7-8,14-15,17-18H2,1-2H3. The van der Waals surface area contributed by atoms with E-state index in [-0.39, 0.29) is 11.9 Å². The summed E-state index contributed by atoms with van der Waals surface area (Å²) < 4.78 is 11.1. The van der Waals surface area contributed by atoms with Crippen molar-refractivity contribution >= 4 is 5.91 Å². The molecule has 1 aliphatic heterocycles. The quantitative estimate of drug-likeness (QED) is 0.496. The van der Waals surface area contributed by atoms with Gasteiger partial charge in [-0.15, -0.1) is 0 Å². The first-order valence-electron chi connectivity index (χ1n) is 11.3. The van der Waals surface area contributed by atoms with Crippen LogP contribution in [0.2, 0.25) is 0 Å². The first-order valence-corrected chi connectivity index (χ1v) is 11.3. The lowest BCUT2D eigenvalue weighted by Gasteiger charge is -2.28. The number of carbonyl (C=O) groups excluding carboxylic acids is 1. The highest BCUT2D eigenvalue weighted by molar-refractivity contribution is 5.92. The molecule has 1 atom stereocenters. The van der Waals surface area contributed by atoms with Crippen LogP contribution in [0.15, 0.2) is 65.3 Å². The summed E-state index contributed by atoms with van der Waals surface area (Å²) in [5, 5.41) is 0. The third kappa shape index (κ3) is 5.37. The van der Waals surface area contributed by atoms with Crippen LogP contribution in [0.5, 0.6) is 5.75 Å². The SMILES string of the molecule is COc1cccc(CN(Cc2nc(C(=O)N3CCCCC3)co2)C(C)c2ccccc2)c1. The van der Waals surface area contributed by atoms with Gasteiger partial charge in [0, 0.05) is 25.7 Å². The molecule has 1 unspecified atom stereocenters. The fourth-order valence-corrected chi connectivity index (χ4v) is 4.19. The molecular weight excluding hydrogens is 402 g/mol. The van der Waals surface area contributed by atoms with Crippen LogP contribution in [-0.2, 0) is 13.1 Å². The van der Waals surface area contributed by atoms with E-state index in [1.54, 1.807) is 7.11 Å². The number of likely N-dealkylation sites (tertiary alicyclic amines) is 1. The minimum absolute atomic E-state index is 0.0323. The van der Waals surface area contributed by atoms with E-state index in [9.17, 15) is 4.79 Å². The van der Waals surface area contributed by atoms with Crippen LogP contribution in [0, 0.1) is 0 Å². The van der Waals surface area contributed by atoms with Crippen molar-refractivity contribution in [1.82, 2.24) is 14.8 Å². The Morgan fingerprint density at radius 1 is 1.09 bits per heavy atom. The molecule has 0 radical (unpaired) electrons. The number of piperidine rings is 1. The molecule has 0 saturated carbocycles. The van der Waals surface area contributed by atoms with Crippen molar-refractivity contribution in [2.45, 2.75) is 45.3 Å². The number of oxazole rings is 1. The van der Waals surface area contributed by atoms with E-state index in [2.05, 4.69) is 47.1 Å². The number of methoxy groups -OCH3 is 1. The van der Waals surface area contributed by atoms with Gasteiger partial charge in [-0.05, 0) is 49.4 Å². The highest BCUT2D eigenvalue weighted by Crippen LogP contribution is 2.26. The number of rotatable bonds is 8. The average molecular weight is 434 g/mol. The van der Waals surface area contributed by atoms with E-state index in [1.165, 1.54) is 18.2 Å². The number of hydrogen-bond acceptors (Lipinski definition) is 5. The van der Waals surface area contributed by atoms with Crippen molar-refractivity contribution in [2.75, 3.05) is 20.2 Å². The number of nitrogens with zero attached hydrogens (tertiary/aromatic N) is 3. The number of carbonyl (C=O) groups is 1. The Morgan fingerprint density at radius 2 is 1.88 bits per heavy atom. The predicted molar refractivity (Wildman–Crippen MR) is 123 cm³/mol. The van der Waals surface area contributed by atoms with Crippen LogP contribution < -0.4 is 4.74 Å². The fourth-order valence-electron chi connectivity index (χ4n) is 4.19. The van der Waals surface area contributed by atoms with Crippen molar-refractivity contribution in [3.8, 4) is 5.75 Å². The molecule has 0 N–H and O–H groups in total. The monoisotopic (exact) mass is 433 g/mol. The first-order chi connectivity index (χ1) is 15.6. The van der Waals surface area contributed by atoms with Gasteiger partial charge in [0.2, 0.25) is 5.89 Å². The lowest BCUT2D eigenvalue weighted by molar-refractivity contribution is 0.0718. The average Bonchev–Trinajstić information content (AvgIpc) is 3.32. The zero-order chi connectivity index (χ0) is 22.3. The van der Waals surface area contributed by atoms with Gasteiger partial charge in [0.25, 0.3) is 5.91 Å². The first kappa shape index (κ1) is 22.1. The molecule has 6 nitrogen and oxygen atoms in total. The minimum atomic E-state index is -0.0323. The van der Waals surface area contributed by atoms with Gasteiger partial charge in [-0.3, -0.25) is 9.69 Å². The summed E-state index contributed by atoms with van der Waals surface area (Å²) >= 11 is 0. The molecule has 2 heterocycles. The van der Waals surface area contributed by atoms with Crippen LogP contribution in [0.3, 0.4) is 0 Å². The maximum Gasteiger partial charge on any atom is 0.275 e. The van der Waals surface area contributed by atoms with Crippen molar-refractivity contribution in [1.29, 1.82) is 0 Å². The van der Waals surface area contributed by atoms with Gasteiger partial charge in [-0.1, -0.05) is 42.5 Å². The second-order valence-electron chi connectivity index (χ2n) is 8.32. The van der Waals surface area contributed by atoms with Crippen LogP contribution in [-0.4, -0.2) is 40.9 Å². The summed E-state index contributed by atoms with van der Waals surface area (Å²) in [6.07, 6.45) is 4.80. The van der Waals surface area contributed by atoms with Crippen molar-refractivity contribution in [3.05, 3.63) is 83.6 Å². The van der Waals surface area contributed by atoms with Crippen molar-refractivity contribution < 1.29 is 13.9 Å². The number of benzene rings is 2. The number of hydrogen-bond donors (Lipinski definition) is 0. The largest absolute Gasteiger partial charge is 0.497 e. The summed E-state index contributed by atoms with van der Waals surface area (Å²) in [4.78, 5) is 21.5. The smallest absolute Gasteiger partial charge is 0.275 e. The molecule has 2 aromatic carbocycles. The lowest BCUT2D eigenvalue weighted by atomic mass is 10.1. The Hall–Kier alpha value is -3.12. The van der Waals surface area contributed by atoms with Crippen molar-refractivity contribution in [3.63, 3.8) is 0 Å². The van der Waals surface area contributed by atoms with Crippen LogP contribution in [0.1, 0.15) is 59.7 Å². The Kier molecular flexibility index (Phi) is 7.22. The topological polar surface area (TPSA) is 58.8 Å². The maximum absolute atomic E-state index is 12.8. The van der Waals surface area contributed by atoms with Crippen LogP contribution in [0.4, 0.5) is 0 Å². The third-order valence-corrected chi connectivity index (χ3v) is 6.10. The van der Waals surface area contributed by atoms with E-state index in [1.807, 2.05) is 29.2 Å². The van der Waals surface area contributed by atoms with Gasteiger partial charge in [0.05, 0.1) is 13.7 Å². The molecule has 168 valence electrons. The second kappa shape index (κ2) is 10.5. The predicted octanol–water partition coefficient (Wildman–Crippen LogP) is 5.07. The second-order valence-corrected chi connectivity index (χ2v) is 8.32. The van der Waals surface area contributed by atoms with Gasteiger partial charge in [0.15, 0.2) is 5.69 Å². The Balaban J connectivity index is 1.53. The van der Waals surface area contributed by atoms with E-state index in [0.717, 1.165) is 37.2 Å². The number of aromatic nitrogens is 1. The lowest BCUT2D eigenvalue weighted by Crippen LogP contribution is -2.35. The highest BCUT2D eigenvalue weighted by Gasteiger charge is 2.23. The zero-order valence-corrected chi connectivity index (χ0v) is 18.9. The highest BCUT2D eigenvalue weighted by atomic mass is 16.5. The minimum Gasteiger partial charge on any atom is -0.497 e. The van der Waals surface area contributed by atoms with E-state index in [4.69, 9.17) is 9.15 Å². The van der Waals surface area contributed by atoms with E-state index >= 15 is 0 Å². The molecule has 1 amide bonds. The summed E-state index contributed by atoms with van der Waals surface area (Å²) in [5.74, 6) is 1.35. The normalized spacial score (nSPS) is 15.0. The van der Waals surface area contributed by atoms with E-state index < -0.39 is 0 Å². The molecule has 1 saturated heterocycles. The van der Waals surface area contributed by atoms with Gasteiger partial charge < -0.3 is 14.1 Å². The number of ether oxygens (including phenoxy) is 1. The summed E-state index contributed by atoms with van der Waals surface area (Å²) in [7, 11) is 1.68. The molecule has 1 fully saturated rings. The Morgan fingerprint density at radius 3 is 2.62 bits per heavy atom. The summed E-state index contributed by atoms with van der Waals surface area (Å²) in [6, 6.07) is 18.6. The van der Waals surface area contributed by atoms with E-state index in [0.29, 0.717) is 24.7 Å². The molecule has 6 heteroatoms. The zero-order valence-electron chi connectivity index (χ0n) is 18.9. The molecule has 3 aromatic rings. The maximum atomic E-state index is 12.8. The molecular formula is C26H31N3O3. The van der Waals surface area contributed by atoms with Crippen LogP contribution >= 0.6 is 0 Å². The third-order valence-electron chi connectivity index (χ3n) is 6.10. The molecule has 32 heavy (non-hydrogen) atoms. The Bertz CT molecular complexity index is 1010. The summed E-state index contributed by atoms with van der Waals surface area (Å²) in [6.45, 7) is 4.98. The van der Waals surface area contributed by atoms with Crippen LogP contribution in [0.25, 0.3) is 0 Å². The number of amides is 1. The van der Waals surface area contributed by atoms with Gasteiger partial charge in [0.1, 0.15) is 12.0 Å². The van der Waals surface area contributed by atoms with Gasteiger partial charge >= 0.3 is 0 Å². The Labute approximate surface area is 189 Å². The van der Waals surface area contributed by atoms with Crippen molar-refractivity contribution in [2.24, 2.45) is 0 Å². The molecule has 1 aliphatic rings. The van der Waals surface area contributed by atoms with Gasteiger partial charge in [-0.25, -0.2) is 4.98 Å². The summed E-state index contributed by atoms with van der Waals surface area (Å²) in [5.41, 5.74) is 2.76. The molecule has 0 spiro atoms.